The number of para-hydroxylation sites is 1. The summed E-state index contributed by atoms with van der Waals surface area (Å²) in [5.74, 6) is 6.15. The lowest BCUT2D eigenvalue weighted by Crippen LogP contribution is -2.15. The Bertz CT molecular complexity index is 607. The van der Waals surface area contributed by atoms with E-state index in [-0.39, 0.29) is 5.41 Å². The third kappa shape index (κ3) is 3.18. The van der Waals surface area contributed by atoms with Crippen molar-refractivity contribution in [3.05, 3.63) is 41.0 Å². The molecule has 1 aromatic heterocycles. The molecule has 0 bridgehead atoms. The molecular formula is C14H18ClN5. The van der Waals surface area contributed by atoms with Crippen LogP contribution in [0.2, 0.25) is 5.02 Å². The van der Waals surface area contributed by atoms with Crippen LogP contribution in [0, 0.1) is 0 Å². The fourth-order valence-corrected chi connectivity index (χ4v) is 2.04. The van der Waals surface area contributed by atoms with Gasteiger partial charge >= 0.3 is 0 Å². The van der Waals surface area contributed by atoms with Gasteiger partial charge in [0.2, 0.25) is 5.95 Å². The first-order chi connectivity index (χ1) is 9.41. The Morgan fingerprint density at radius 2 is 1.90 bits per heavy atom. The lowest BCUT2D eigenvalue weighted by molar-refractivity contribution is 0.592. The molecule has 0 spiro atoms. The third-order valence-corrected chi connectivity index (χ3v) is 3.14. The highest BCUT2D eigenvalue weighted by molar-refractivity contribution is 6.32. The van der Waals surface area contributed by atoms with Gasteiger partial charge in [-0.1, -0.05) is 50.6 Å². The summed E-state index contributed by atoms with van der Waals surface area (Å²) in [6.07, 6.45) is 1.51. The first-order valence-corrected chi connectivity index (χ1v) is 6.65. The highest BCUT2D eigenvalue weighted by atomic mass is 35.5. The minimum atomic E-state index is 0.0120. The summed E-state index contributed by atoms with van der Waals surface area (Å²) in [6, 6.07) is 8.06. The predicted molar refractivity (Wildman–Crippen MR) is 83.3 cm³/mol. The number of rotatable bonds is 3. The van der Waals surface area contributed by atoms with Crippen LogP contribution >= 0.6 is 11.6 Å². The molecule has 2 aromatic rings. The van der Waals surface area contributed by atoms with Crippen LogP contribution in [0.15, 0.2) is 30.5 Å². The molecule has 0 fully saturated rings. The van der Waals surface area contributed by atoms with Crippen LogP contribution in [0.1, 0.15) is 26.3 Å². The fraction of sp³-hybridized carbons (Fsp3) is 0.286. The number of nitrogens with two attached hydrogens (primary N) is 1. The second-order valence-electron chi connectivity index (χ2n) is 5.46. The van der Waals surface area contributed by atoms with E-state index >= 15 is 0 Å². The van der Waals surface area contributed by atoms with Gasteiger partial charge in [-0.25, -0.2) is 10.8 Å². The van der Waals surface area contributed by atoms with E-state index in [1.54, 1.807) is 0 Å². The number of hydrogen-bond acceptors (Lipinski definition) is 5. The largest absolute Gasteiger partial charge is 0.339 e. The van der Waals surface area contributed by atoms with Crippen molar-refractivity contribution < 1.29 is 0 Å². The van der Waals surface area contributed by atoms with Crippen molar-refractivity contribution in [3.8, 4) is 0 Å². The summed E-state index contributed by atoms with van der Waals surface area (Å²) in [5, 5.41) is 3.68. The Morgan fingerprint density at radius 1 is 1.20 bits per heavy atom. The summed E-state index contributed by atoms with van der Waals surface area (Å²) < 4.78 is 0. The second kappa shape index (κ2) is 5.64. The van der Waals surface area contributed by atoms with Gasteiger partial charge in [-0.2, -0.15) is 4.98 Å². The van der Waals surface area contributed by atoms with Crippen LogP contribution in [0.5, 0.6) is 0 Å². The first kappa shape index (κ1) is 14.6. The SMILES string of the molecule is CC(C)(C)c1ccccc1Nc1nc(NN)ncc1Cl. The van der Waals surface area contributed by atoms with Crippen LogP contribution < -0.4 is 16.6 Å². The molecule has 1 heterocycles. The average Bonchev–Trinajstić information content (AvgIpc) is 2.41. The number of halogens is 1. The van der Waals surface area contributed by atoms with Gasteiger partial charge < -0.3 is 5.32 Å². The smallest absolute Gasteiger partial charge is 0.239 e. The molecule has 0 aliphatic rings. The Labute approximate surface area is 123 Å². The molecule has 0 radical (unpaired) electrons. The van der Waals surface area contributed by atoms with Gasteiger partial charge in [0.25, 0.3) is 0 Å². The van der Waals surface area contributed by atoms with Gasteiger partial charge in [-0.15, -0.1) is 0 Å². The maximum absolute atomic E-state index is 6.11. The molecule has 2 rings (SSSR count). The van der Waals surface area contributed by atoms with Crippen LogP contribution in [0.25, 0.3) is 0 Å². The predicted octanol–water partition coefficient (Wildman–Crippen LogP) is 3.46. The van der Waals surface area contributed by atoms with Crippen molar-refractivity contribution in [2.45, 2.75) is 26.2 Å². The summed E-state index contributed by atoms with van der Waals surface area (Å²) in [7, 11) is 0. The fourth-order valence-electron chi connectivity index (χ4n) is 1.90. The van der Waals surface area contributed by atoms with Crippen molar-refractivity contribution in [1.29, 1.82) is 0 Å². The number of aromatic nitrogens is 2. The van der Waals surface area contributed by atoms with Crippen molar-refractivity contribution in [1.82, 2.24) is 9.97 Å². The van der Waals surface area contributed by atoms with Crippen molar-refractivity contribution in [3.63, 3.8) is 0 Å². The van der Waals surface area contributed by atoms with E-state index in [0.29, 0.717) is 16.8 Å². The Kier molecular flexibility index (Phi) is 4.11. The number of nitrogens with zero attached hydrogens (tertiary/aromatic N) is 2. The lowest BCUT2D eigenvalue weighted by atomic mass is 9.86. The number of hydrogen-bond donors (Lipinski definition) is 3. The molecule has 6 heteroatoms. The number of benzene rings is 1. The third-order valence-electron chi connectivity index (χ3n) is 2.86. The van der Waals surface area contributed by atoms with E-state index in [0.717, 1.165) is 5.69 Å². The maximum atomic E-state index is 6.11. The molecule has 0 saturated carbocycles. The van der Waals surface area contributed by atoms with E-state index in [9.17, 15) is 0 Å². The van der Waals surface area contributed by atoms with E-state index in [1.165, 1.54) is 11.8 Å². The van der Waals surface area contributed by atoms with Crippen molar-refractivity contribution >= 4 is 29.1 Å². The lowest BCUT2D eigenvalue weighted by Gasteiger charge is -2.23. The van der Waals surface area contributed by atoms with E-state index in [2.05, 4.69) is 47.5 Å². The quantitative estimate of drug-likeness (QED) is 0.596. The molecule has 0 unspecified atom stereocenters. The molecule has 0 saturated heterocycles. The highest BCUT2D eigenvalue weighted by Crippen LogP contribution is 2.32. The van der Waals surface area contributed by atoms with E-state index in [1.807, 2.05) is 18.2 Å². The van der Waals surface area contributed by atoms with E-state index in [4.69, 9.17) is 17.4 Å². The molecule has 20 heavy (non-hydrogen) atoms. The van der Waals surface area contributed by atoms with Gasteiger partial charge in [-0.3, -0.25) is 5.43 Å². The molecule has 0 amide bonds. The zero-order chi connectivity index (χ0) is 14.8. The van der Waals surface area contributed by atoms with Crippen LogP contribution in [-0.2, 0) is 5.41 Å². The van der Waals surface area contributed by atoms with Gasteiger partial charge in [0, 0.05) is 5.69 Å². The highest BCUT2D eigenvalue weighted by Gasteiger charge is 2.18. The molecule has 4 N–H and O–H groups in total. The minimum Gasteiger partial charge on any atom is -0.339 e. The maximum Gasteiger partial charge on any atom is 0.239 e. The zero-order valence-electron chi connectivity index (χ0n) is 11.7. The van der Waals surface area contributed by atoms with Gasteiger partial charge in [0.15, 0.2) is 5.82 Å². The summed E-state index contributed by atoms with van der Waals surface area (Å²) >= 11 is 6.11. The molecule has 5 nitrogen and oxygen atoms in total. The Morgan fingerprint density at radius 3 is 2.55 bits per heavy atom. The summed E-state index contributed by atoms with van der Waals surface area (Å²) in [6.45, 7) is 6.46. The number of hydrazine groups is 1. The molecule has 1 aromatic carbocycles. The van der Waals surface area contributed by atoms with Gasteiger partial charge in [0.05, 0.1) is 6.20 Å². The monoisotopic (exact) mass is 291 g/mol. The Hall–Kier alpha value is -1.85. The summed E-state index contributed by atoms with van der Waals surface area (Å²) in [4.78, 5) is 8.17. The van der Waals surface area contributed by atoms with Crippen LogP contribution in [0.4, 0.5) is 17.5 Å². The molecule has 106 valence electrons. The number of nitrogens with one attached hydrogen (secondary N) is 2. The van der Waals surface area contributed by atoms with Crippen LogP contribution in [0.3, 0.4) is 0 Å². The second-order valence-corrected chi connectivity index (χ2v) is 5.86. The normalized spacial score (nSPS) is 11.2. The number of nitrogen functional groups attached to an aromatic ring is 1. The first-order valence-electron chi connectivity index (χ1n) is 6.27. The van der Waals surface area contributed by atoms with Crippen molar-refractivity contribution in [2.75, 3.05) is 10.7 Å². The molecular weight excluding hydrogens is 274 g/mol. The van der Waals surface area contributed by atoms with E-state index < -0.39 is 0 Å². The van der Waals surface area contributed by atoms with Gasteiger partial charge in [-0.05, 0) is 17.0 Å². The molecule has 0 aliphatic heterocycles. The Balaban J connectivity index is 2.40. The molecule has 0 aliphatic carbocycles. The topological polar surface area (TPSA) is 75.9 Å². The average molecular weight is 292 g/mol. The minimum absolute atomic E-state index is 0.0120. The zero-order valence-corrected chi connectivity index (χ0v) is 12.5. The molecule has 0 atom stereocenters. The van der Waals surface area contributed by atoms with Crippen molar-refractivity contribution in [2.24, 2.45) is 5.84 Å². The van der Waals surface area contributed by atoms with Gasteiger partial charge in [0.1, 0.15) is 5.02 Å². The van der Waals surface area contributed by atoms with Crippen LogP contribution in [-0.4, -0.2) is 9.97 Å². The number of anilines is 3. The summed E-state index contributed by atoms with van der Waals surface area (Å²) in [5.41, 5.74) is 4.56. The standard InChI is InChI=1S/C14H18ClN5/c1-14(2,3)9-6-4-5-7-11(9)18-12-10(15)8-17-13(19-12)20-16/h4-8H,16H2,1-3H3,(H2,17,18,19,20).